The largest absolute Gasteiger partial charge is 0.263 e. The normalized spacial score (nSPS) is 10.5. The fraction of sp³-hybridized carbons (Fsp3) is 0.750. The Balaban J connectivity index is 3.19. The second-order valence-electron chi connectivity index (χ2n) is 2.41. The zero-order chi connectivity index (χ0) is 9.23. The van der Waals surface area contributed by atoms with Crippen LogP contribution in [0, 0.1) is 0 Å². The molecule has 0 fully saturated rings. The van der Waals surface area contributed by atoms with E-state index in [4.69, 9.17) is 12.2 Å². The van der Waals surface area contributed by atoms with Crippen LogP contribution in [-0.4, -0.2) is 16.8 Å². The van der Waals surface area contributed by atoms with E-state index in [0.29, 0.717) is 0 Å². The molecule has 0 rings (SSSR count). The Morgan fingerprint density at radius 1 is 1.58 bits per heavy atom. The molecule has 0 saturated carbocycles. The minimum absolute atomic E-state index is 0.724. The summed E-state index contributed by atoms with van der Waals surface area (Å²) in [6.07, 6.45) is 8.61. The Bertz CT molecular complexity index is 146. The number of hydrogen-bond donors (Lipinski definition) is 1. The molecule has 0 aliphatic carbocycles. The van der Waals surface area contributed by atoms with Crippen molar-refractivity contribution in [2.24, 2.45) is 5.10 Å². The number of thioether (sulfide) groups is 1. The van der Waals surface area contributed by atoms with Gasteiger partial charge in [0.05, 0.1) is 0 Å². The van der Waals surface area contributed by atoms with Gasteiger partial charge in [0, 0.05) is 6.21 Å². The van der Waals surface area contributed by atoms with E-state index >= 15 is 0 Å². The van der Waals surface area contributed by atoms with Crippen molar-refractivity contribution >= 4 is 34.5 Å². The zero-order valence-electron chi connectivity index (χ0n) is 7.67. The number of thiocarbonyl (C=S) groups is 1. The maximum Gasteiger partial charge on any atom is 0.153 e. The SMILES string of the molecule is CCCCC/C=N/NC(=S)SC. The molecule has 0 atom stereocenters. The van der Waals surface area contributed by atoms with Gasteiger partial charge in [0.25, 0.3) is 0 Å². The fourth-order valence-electron chi connectivity index (χ4n) is 0.694. The molecule has 0 aromatic rings. The first-order valence-electron chi connectivity index (χ1n) is 4.16. The van der Waals surface area contributed by atoms with Crippen molar-refractivity contribution in [3.8, 4) is 0 Å². The van der Waals surface area contributed by atoms with Gasteiger partial charge in [-0.3, -0.25) is 5.43 Å². The molecule has 70 valence electrons. The van der Waals surface area contributed by atoms with Gasteiger partial charge in [-0.1, -0.05) is 43.7 Å². The van der Waals surface area contributed by atoms with Crippen LogP contribution >= 0.6 is 24.0 Å². The second-order valence-corrected chi connectivity index (χ2v) is 3.89. The molecular weight excluding hydrogens is 188 g/mol. The molecule has 0 aromatic carbocycles. The van der Waals surface area contributed by atoms with Crippen LogP contribution in [0.1, 0.15) is 32.6 Å². The minimum Gasteiger partial charge on any atom is -0.263 e. The standard InChI is InChI=1S/C8H16N2S2/c1-3-4-5-6-7-9-10-8(11)12-2/h7H,3-6H2,1-2H3,(H,10,11)/b9-7+. The average Bonchev–Trinajstić information content (AvgIpc) is 2.10. The number of nitrogens with zero attached hydrogens (tertiary/aromatic N) is 1. The van der Waals surface area contributed by atoms with E-state index in [1.54, 1.807) is 0 Å². The van der Waals surface area contributed by atoms with Crippen molar-refractivity contribution in [1.29, 1.82) is 0 Å². The van der Waals surface area contributed by atoms with Gasteiger partial charge in [-0.15, -0.1) is 0 Å². The smallest absolute Gasteiger partial charge is 0.153 e. The second kappa shape index (κ2) is 9.00. The zero-order valence-corrected chi connectivity index (χ0v) is 9.30. The molecule has 0 saturated heterocycles. The third-order valence-electron chi connectivity index (χ3n) is 1.37. The number of unbranched alkanes of at least 4 members (excludes halogenated alkanes) is 3. The Morgan fingerprint density at radius 3 is 2.92 bits per heavy atom. The van der Waals surface area contributed by atoms with Crippen molar-refractivity contribution in [1.82, 2.24) is 5.43 Å². The van der Waals surface area contributed by atoms with Crippen LogP contribution in [0.3, 0.4) is 0 Å². The summed E-state index contributed by atoms with van der Waals surface area (Å²) < 4.78 is 0.724. The summed E-state index contributed by atoms with van der Waals surface area (Å²) >= 11 is 6.39. The Hall–Kier alpha value is -0.0900. The first kappa shape index (κ1) is 11.9. The lowest BCUT2D eigenvalue weighted by Gasteiger charge is -1.96. The van der Waals surface area contributed by atoms with E-state index in [-0.39, 0.29) is 0 Å². The molecule has 0 aliphatic rings. The van der Waals surface area contributed by atoms with Gasteiger partial charge in [0.15, 0.2) is 4.32 Å². The van der Waals surface area contributed by atoms with Gasteiger partial charge in [0.2, 0.25) is 0 Å². The predicted octanol–water partition coefficient (Wildman–Crippen LogP) is 2.79. The number of rotatable bonds is 5. The maximum atomic E-state index is 4.89. The number of hydrogen-bond acceptors (Lipinski definition) is 3. The molecule has 0 aliphatic heterocycles. The third-order valence-corrected chi connectivity index (χ3v) is 2.42. The predicted molar refractivity (Wildman–Crippen MR) is 61.9 cm³/mol. The molecule has 0 spiro atoms. The monoisotopic (exact) mass is 204 g/mol. The highest BCUT2D eigenvalue weighted by molar-refractivity contribution is 8.22. The van der Waals surface area contributed by atoms with Crippen LogP contribution in [0.5, 0.6) is 0 Å². The summed E-state index contributed by atoms with van der Waals surface area (Å²) in [5.74, 6) is 0. The van der Waals surface area contributed by atoms with Crippen molar-refractivity contribution in [2.75, 3.05) is 6.26 Å². The fourth-order valence-corrected chi connectivity index (χ4v) is 0.891. The van der Waals surface area contributed by atoms with Crippen LogP contribution in [-0.2, 0) is 0 Å². The molecule has 0 heterocycles. The lowest BCUT2D eigenvalue weighted by molar-refractivity contribution is 0.744. The maximum absolute atomic E-state index is 4.89. The summed E-state index contributed by atoms with van der Waals surface area (Å²) in [5.41, 5.74) is 2.77. The third kappa shape index (κ3) is 8.01. The van der Waals surface area contributed by atoms with E-state index in [2.05, 4.69) is 17.5 Å². The van der Waals surface area contributed by atoms with Gasteiger partial charge in [-0.05, 0) is 19.1 Å². The first-order chi connectivity index (χ1) is 5.81. The molecule has 4 heteroatoms. The highest BCUT2D eigenvalue weighted by atomic mass is 32.2. The molecule has 1 N–H and O–H groups in total. The number of hydrazone groups is 1. The van der Waals surface area contributed by atoms with Crippen molar-refractivity contribution in [2.45, 2.75) is 32.6 Å². The van der Waals surface area contributed by atoms with Crippen molar-refractivity contribution in [3.63, 3.8) is 0 Å². The van der Waals surface area contributed by atoms with Crippen LogP contribution in [0.25, 0.3) is 0 Å². The van der Waals surface area contributed by atoms with Gasteiger partial charge in [0.1, 0.15) is 0 Å². The molecule has 12 heavy (non-hydrogen) atoms. The molecular formula is C8H16N2S2. The Kier molecular flexibility index (Phi) is 8.93. The lowest BCUT2D eigenvalue weighted by Crippen LogP contribution is -2.09. The summed E-state index contributed by atoms with van der Waals surface area (Å²) in [5, 5.41) is 3.98. The van der Waals surface area contributed by atoms with Gasteiger partial charge >= 0.3 is 0 Å². The molecule has 0 radical (unpaired) electrons. The highest BCUT2D eigenvalue weighted by Gasteiger charge is 1.86. The molecule has 0 unspecified atom stereocenters. The van der Waals surface area contributed by atoms with Crippen molar-refractivity contribution < 1.29 is 0 Å². The first-order valence-corrected chi connectivity index (χ1v) is 5.80. The van der Waals surface area contributed by atoms with E-state index in [1.807, 2.05) is 12.5 Å². The topological polar surface area (TPSA) is 24.4 Å². The summed E-state index contributed by atoms with van der Waals surface area (Å²) in [7, 11) is 0. The number of nitrogens with one attached hydrogen (secondary N) is 1. The molecule has 0 bridgehead atoms. The molecule has 0 amide bonds. The molecule has 0 aromatic heterocycles. The highest BCUT2D eigenvalue weighted by Crippen LogP contribution is 1.96. The van der Waals surface area contributed by atoms with Gasteiger partial charge < -0.3 is 0 Å². The average molecular weight is 204 g/mol. The van der Waals surface area contributed by atoms with E-state index in [0.717, 1.165) is 10.7 Å². The van der Waals surface area contributed by atoms with Crippen LogP contribution < -0.4 is 5.43 Å². The lowest BCUT2D eigenvalue weighted by atomic mass is 10.2. The quantitative estimate of drug-likeness (QED) is 0.322. The van der Waals surface area contributed by atoms with E-state index in [1.165, 1.54) is 31.0 Å². The van der Waals surface area contributed by atoms with Crippen LogP contribution in [0.4, 0.5) is 0 Å². The Morgan fingerprint density at radius 2 is 2.33 bits per heavy atom. The van der Waals surface area contributed by atoms with Crippen LogP contribution in [0.15, 0.2) is 5.10 Å². The summed E-state index contributed by atoms with van der Waals surface area (Å²) in [6, 6.07) is 0. The Labute approximate surface area is 84.2 Å². The minimum atomic E-state index is 0.724. The van der Waals surface area contributed by atoms with Gasteiger partial charge in [-0.2, -0.15) is 5.10 Å². The summed E-state index contributed by atoms with van der Waals surface area (Å²) in [4.78, 5) is 0. The molecule has 2 nitrogen and oxygen atoms in total. The van der Waals surface area contributed by atoms with Gasteiger partial charge in [-0.25, -0.2) is 0 Å². The van der Waals surface area contributed by atoms with Crippen LogP contribution in [0.2, 0.25) is 0 Å². The van der Waals surface area contributed by atoms with Crippen molar-refractivity contribution in [3.05, 3.63) is 0 Å². The summed E-state index contributed by atoms with van der Waals surface area (Å²) in [6.45, 7) is 2.19. The van der Waals surface area contributed by atoms with E-state index in [9.17, 15) is 0 Å². The van der Waals surface area contributed by atoms with E-state index < -0.39 is 0 Å².